The van der Waals surface area contributed by atoms with Gasteiger partial charge in [-0.25, -0.2) is 0 Å². The zero-order valence-corrected chi connectivity index (χ0v) is 7.19. The Morgan fingerprint density at radius 2 is 1.89 bits per heavy atom. The van der Waals surface area contributed by atoms with Crippen LogP contribution in [0, 0.1) is 5.92 Å². The minimum atomic E-state index is 0.0833. The van der Waals surface area contributed by atoms with Crippen LogP contribution in [0.4, 0.5) is 0 Å². The van der Waals surface area contributed by atoms with Crippen molar-refractivity contribution in [2.75, 3.05) is 7.11 Å². The van der Waals surface area contributed by atoms with E-state index in [4.69, 9.17) is 4.74 Å². The Labute approximate surface area is 58.4 Å². The Kier molecular flexibility index (Phi) is 3.20. The van der Waals surface area contributed by atoms with Gasteiger partial charge in [0.2, 0.25) is 0 Å². The summed E-state index contributed by atoms with van der Waals surface area (Å²) in [4.78, 5) is 0. The monoisotopic (exact) mass is 130 g/mol. The molecule has 0 aliphatic carbocycles. The van der Waals surface area contributed by atoms with Gasteiger partial charge in [0.1, 0.15) is 0 Å². The molecular formula is C8H18O. The zero-order valence-electron chi connectivity index (χ0n) is 7.19. The van der Waals surface area contributed by atoms with E-state index in [1.807, 2.05) is 0 Å². The minimum absolute atomic E-state index is 0.0833. The Hall–Kier alpha value is -0.0400. The number of rotatable bonds is 3. The summed E-state index contributed by atoms with van der Waals surface area (Å²) in [5.41, 5.74) is 0.0833. The molecule has 0 aliphatic heterocycles. The summed E-state index contributed by atoms with van der Waals surface area (Å²) < 4.78 is 5.35. The van der Waals surface area contributed by atoms with E-state index < -0.39 is 0 Å². The summed E-state index contributed by atoms with van der Waals surface area (Å²) in [6.07, 6.45) is 1.08. The molecule has 0 amide bonds. The maximum Gasteiger partial charge on any atom is 0.0670 e. The van der Waals surface area contributed by atoms with Gasteiger partial charge in [0.05, 0.1) is 5.60 Å². The van der Waals surface area contributed by atoms with Gasteiger partial charge in [-0.15, -0.1) is 0 Å². The van der Waals surface area contributed by atoms with Crippen LogP contribution < -0.4 is 0 Å². The first-order valence-electron chi connectivity index (χ1n) is 3.62. The summed E-state index contributed by atoms with van der Waals surface area (Å²) in [6, 6.07) is 0. The van der Waals surface area contributed by atoms with Gasteiger partial charge in [0.25, 0.3) is 0 Å². The third-order valence-corrected chi connectivity index (χ3v) is 2.39. The highest BCUT2D eigenvalue weighted by molar-refractivity contribution is 4.75. The standard InChI is InChI=1S/C8H18O/c1-6-8(4,9-5)7(2)3/h7H,6H2,1-5H3/t8-/m0/s1. The van der Waals surface area contributed by atoms with Crippen LogP contribution >= 0.6 is 0 Å². The number of hydrogen-bond donors (Lipinski definition) is 0. The molecule has 0 rings (SSSR count). The van der Waals surface area contributed by atoms with Crippen molar-refractivity contribution in [1.29, 1.82) is 0 Å². The topological polar surface area (TPSA) is 9.23 Å². The van der Waals surface area contributed by atoms with Gasteiger partial charge >= 0.3 is 0 Å². The van der Waals surface area contributed by atoms with E-state index in [0.717, 1.165) is 6.42 Å². The van der Waals surface area contributed by atoms with E-state index in [2.05, 4.69) is 27.7 Å². The third kappa shape index (κ3) is 1.98. The smallest absolute Gasteiger partial charge is 0.0670 e. The van der Waals surface area contributed by atoms with E-state index >= 15 is 0 Å². The van der Waals surface area contributed by atoms with E-state index in [1.165, 1.54) is 0 Å². The molecule has 0 bridgehead atoms. The fourth-order valence-corrected chi connectivity index (χ4v) is 0.788. The number of hydrogen-bond acceptors (Lipinski definition) is 1. The Morgan fingerprint density at radius 3 is 1.89 bits per heavy atom. The van der Waals surface area contributed by atoms with Gasteiger partial charge in [-0.05, 0) is 19.3 Å². The van der Waals surface area contributed by atoms with Gasteiger partial charge in [-0.2, -0.15) is 0 Å². The van der Waals surface area contributed by atoms with Crippen LogP contribution in [-0.2, 0) is 4.74 Å². The zero-order chi connectivity index (χ0) is 7.49. The molecular weight excluding hydrogens is 112 g/mol. The number of methoxy groups -OCH3 is 1. The van der Waals surface area contributed by atoms with Gasteiger partial charge in [-0.3, -0.25) is 0 Å². The van der Waals surface area contributed by atoms with Crippen molar-refractivity contribution in [1.82, 2.24) is 0 Å². The van der Waals surface area contributed by atoms with Crippen molar-refractivity contribution < 1.29 is 4.74 Å². The molecule has 0 aliphatic rings. The predicted octanol–water partition coefficient (Wildman–Crippen LogP) is 2.46. The highest BCUT2D eigenvalue weighted by atomic mass is 16.5. The molecule has 0 aromatic rings. The van der Waals surface area contributed by atoms with Crippen LogP contribution in [-0.4, -0.2) is 12.7 Å². The van der Waals surface area contributed by atoms with Crippen LogP contribution in [0.1, 0.15) is 34.1 Å². The van der Waals surface area contributed by atoms with Crippen LogP contribution in [0.25, 0.3) is 0 Å². The van der Waals surface area contributed by atoms with Crippen LogP contribution in [0.5, 0.6) is 0 Å². The maximum atomic E-state index is 5.35. The van der Waals surface area contributed by atoms with Crippen molar-refractivity contribution in [2.24, 2.45) is 5.92 Å². The van der Waals surface area contributed by atoms with Gasteiger partial charge in [0.15, 0.2) is 0 Å². The fraction of sp³-hybridized carbons (Fsp3) is 1.00. The molecule has 0 aromatic heterocycles. The summed E-state index contributed by atoms with van der Waals surface area (Å²) in [6.45, 7) is 8.68. The lowest BCUT2D eigenvalue weighted by molar-refractivity contribution is -0.0348. The van der Waals surface area contributed by atoms with E-state index in [1.54, 1.807) is 7.11 Å². The van der Waals surface area contributed by atoms with Crippen LogP contribution in [0.15, 0.2) is 0 Å². The summed E-state index contributed by atoms with van der Waals surface area (Å²) in [5, 5.41) is 0. The lowest BCUT2D eigenvalue weighted by atomic mass is 9.90. The third-order valence-electron chi connectivity index (χ3n) is 2.39. The largest absolute Gasteiger partial charge is 0.378 e. The summed E-state index contributed by atoms with van der Waals surface area (Å²) >= 11 is 0. The van der Waals surface area contributed by atoms with Gasteiger partial charge < -0.3 is 4.74 Å². The average molecular weight is 130 g/mol. The van der Waals surface area contributed by atoms with Crippen molar-refractivity contribution in [3.63, 3.8) is 0 Å². The molecule has 0 radical (unpaired) electrons. The highest BCUT2D eigenvalue weighted by Gasteiger charge is 2.24. The Bertz CT molecular complexity index is 72.6. The molecule has 56 valence electrons. The van der Waals surface area contributed by atoms with Gasteiger partial charge in [-0.1, -0.05) is 20.8 Å². The molecule has 0 fully saturated rings. The molecule has 1 nitrogen and oxygen atoms in total. The molecule has 0 saturated heterocycles. The summed E-state index contributed by atoms with van der Waals surface area (Å²) in [7, 11) is 1.78. The molecule has 0 saturated carbocycles. The quantitative estimate of drug-likeness (QED) is 0.570. The molecule has 9 heavy (non-hydrogen) atoms. The molecule has 0 N–H and O–H groups in total. The fourth-order valence-electron chi connectivity index (χ4n) is 0.788. The first-order chi connectivity index (χ1) is 4.06. The average Bonchev–Trinajstić information content (AvgIpc) is 1.86. The van der Waals surface area contributed by atoms with Gasteiger partial charge in [0, 0.05) is 7.11 Å². The molecule has 0 heterocycles. The van der Waals surface area contributed by atoms with E-state index in [9.17, 15) is 0 Å². The summed E-state index contributed by atoms with van der Waals surface area (Å²) in [5.74, 6) is 0.604. The first-order valence-corrected chi connectivity index (χ1v) is 3.62. The van der Waals surface area contributed by atoms with E-state index in [-0.39, 0.29) is 5.60 Å². The molecule has 0 aromatic carbocycles. The molecule has 1 atom stereocenters. The molecule has 0 spiro atoms. The van der Waals surface area contributed by atoms with Crippen molar-refractivity contribution >= 4 is 0 Å². The Morgan fingerprint density at radius 1 is 1.44 bits per heavy atom. The highest BCUT2D eigenvalue weighted by Crippen LogP contribution is 2.23. The second-order valence-electron chi connectivity index (χ2n) is 3.03. The lowest BCUT2D eigenvalue weighted by Gasteiger charge is -2.30. The van der Waals surface area contributed by atoms with Crippen LogP contribution in [0.3, 0.4) is 0 Å². The SMILES string of the molecule is CC[C@](C)(OC)C(C)C. The van der Waals surface area contributed by atoms with Crippen molar-refractivity contribution in [2.45, 2.75) is 39.7 Å². The second kappa shape index (κ2) is 3.21. The van der Waals surface area contributed by atoms with Crippen molar-refractivity contribution in [3.8, 4) is 0 Å². The molecule has 0 unspecified atom stereocenters. The number of ether oxygens (including phenoxy) is 1. The predicted molar refractivity (Wildman–Crippen MR) is 40.5 cm³/mol. The lowest BCUT2D eigenvalue weighted by Crippen LogP contribution is -2.32. The first kappa shape index (κ1) is 8.96. The van der Waals surface area contributed by atoms with Crippen LogP contribution in [0.2, 0.25) is 0 Å². The second-order valence-corrected chi connectivity index (χ2v) is 3.03. The Balaban J connectivity index is 3.92. The van der Waals surface area contributed by atoms with E-state index in [0.29, 0.717) is 5.92 Å². The molecule has 1 heteroatoms. The normalized spacial score (nSPS) is 18.0. The minimum Gasteiger partial charge on any atom is -0.378 e. The maximum absolute atomic E-state index is 5.35. The van der Waals surface area contributed by atoms with Crippen molar-refractivity contribution in [3.05, 3.63) is 0 Å².